The zero-order valence-electron chi connectivity index (χ0n) is 11.4. The van der Waals surface area contributed by atoms with Crippen LogP contribution >= 0.6 is 15.9 Å². The molecule has 1 N–H and O–H groups in total. The van der Waals surface area contributed by atoms with E-state index in [2.05, 4.69) is 21.2 Å². The lowest BCUT2D eigenvalue weighted by atomic mass is 10.3. The van der Waals surface area contributed by atoms with Gasteiger partial charge in [-0.2, -0.15) is 0 Å². The predicted octanol–water partition coefficient (Wildman–Crippen LogP) is 3.37. The molecule has 0 bridgehead atoms. The zero-order valence-corrected chi connectivity index (χ0v) is 13.0. The maximum atomic E-state index is 12.9. The number of benzene rings is 1. The maximum absolute atomic E-state index is 12.9. The second-order valence-electron chi connectivity index (χ2n) is 4.45. The Labute approximate surface area is 122 Å². The summed E-state index contributed by atoms with van der Waals surface area (Å²) in [5.41, 5.74) is 0. The summed E-state index contributed by atoms with van der Waals surface area (Å²) < 4.78 is 24.5. The fraction of sp³-hybridized carbons (Fsp3) is 0.571. The average Bonchev–Trinajstić information content (AvgIpc) is 2.34. The van der Waals surface area contributed by atoms with Gasteiger partial charge in [-0.25, -0.2) is 4.39 Å². The van der Waals surface area contributed by atoms with Gasteiger partial charge in [0.05, 0.1) is 10.6 Å². The molecule has 0 unspecified atom stereocenters. The minimum Gasteiger partial charge on any atom is -0.491 e. The van der Waals surface area contributed by atoms with Crippen molar-refractivity contribution in [3.63, 3.8) is 0 Å². The largest absolute Gasteiger partial charge is 0.491 e. The Hall–Kier alpha value is -0.650. The van der Waals surface area contributed by atoms with Crippen molar-refractivity contribution in [2.75, 3.05) is 26.3 Å². The first kappa shape index (κ1) is 16.4. The van der Waals surface area contributed by atoms with Crippen LogP contribution in [0.5, 0.6) is 5.75 Å². The fourth-order valence-corrected chi connectivity index (χ4v) is 1.93. The Kier molecular flexibility index (Phi) is 8.02. The molecule has 1 aromatic rings. The molecule has 3 nitrogen and oxygen atoms in total. The van der Waals surface area contributed by atoms with Gasteiger partial charge in [-0.3, -0.25) is 0 Å². The maximum Gasteiger partial charge on any atom is 0.133 e. The van der Waals surface area contributed by atoms with Crippen LogP contribution in [0.4, 0.5) is 4.39 Å². The molecule has 0 aliphatic carbocycles. The van der Waals surface area contributed by atoms with Gasteiger partial charge in [0.25, 0.3) is 0 Å². The Morgan fingerprint density at radius 2 is 2.05 bits per heavy atom. The molecule has 0 aliphatic heterocycles. The van der Waals surface area contributed by atoms with Crippen molar-refractivity contribution in [3.8, 4) is 5.75 Å². The van der Waals surface area contributed by atoms with Crippen molar-refractivity contribution < 1.29 is 13.9 Å². The number of halogens is 2. The van der Waals surface area contributed by atoms with E-state index in [9.17, 15) is 4.39 Å². The lowest BCUT2D eigenvalue weighted by Gasteiger charge is -2.10. The molecule has 19 heavy (non-hydrogen) atoms. The molecule has 0 heterocycles. The second-order valence-corrected chi connectivity index (χ2v) is 5.30. The van der Waals surface area contributed by atoms with Crippen molar-refractivity contribution in [1.29, 1.82) is 0 Å². The molecule has 108 valence electrons. The summed E-state index contributed by atoms with van der Waals surface area (Å²) in [6.45, 7) is 7.04. The van der Waals surface area contributed by atoms with Crippen molar-refractivity contribution in [3.05, 3.63) is 28.5 Å². The predicted molar refractivity (Wildman–Crippen MR) is 78.2 cm³/mol. The van der Waals surface area contributed by atoms with Crippen LogP contribution in [-0.2, 0) is 4.74 Å². The molecule has 1 rings (SSSR count). The summed E-state index contributed by atoms with van der Waals surface area (Å²) >= 11 is 3.26. The van der Waals surface area contributed by atoms with Gasteiger partial charge in [0.2, 0.25) is 0 Å². The summed E-state index contributed by atoms with van der Waals surface area (Å²) in [6.07, 6.45) is 1.28. The highest BCUT2D eigenvalue weighted by Crippen LogP contribution is 2.25. The lowest BCUT2D eigenvalue weighted by Crippen LogP contribution is -2.23. The van der Waals surface area contributed by atoms with E-state index in [0.717, 1.165) is 26.1 Å². The molecule has 5 heteroatoms. The van der Waals surface area contributed by atoms with Crippen molar-refractivity contribution >= 4 is 15.9 Å². The summed E-state index contributed by atoms with van der Waals surface area (Å²) in [5.74, 6) is 0.383. The first-order valence-electron chi connectivity index (χ1n) is 6.49. The molecule has 0 atom stereocenters. The monoisotopic (exact) mass is 333 g/mol. The Morgan fingerprint density at radius 3 is 2.74 bits per heavy atom. The molecule has 0 saturated heterocycles. The van der Waals surface area contributed by atoms with Gasteiger partial charge in [-0.1, -0.05) is 0 Å². The van der Waals surface area contributed by atoms with E-state index in [1.165, 1.54) is 12.1 Å². The number of nitrogens with one attached hydrogen (secondary N) is 1. The quantitative estimate of drug-likeness (QED) is 0.703. The van der Waals surface area contributed by atoms with Crippen LogP contribution in [0.1, 0.15) is 20.3 Å². The van der Waals surface area contributed by atoms with E-state index >= 15 is 0 Å². The van der Waals surface area contributed by atoms with Crippen LogP contribution in [0.15, 0.2) is 22.7 Å². The van der Waals surface area contributed by atoms with Gasteiger partial charge in [-0.05, 0) is 60.9 Å². The Morgan fingerprint density at radius 1 is 1.26 bits per heavy atom. The van der Waals surface area contributed by atoms with Crippen molar-refractivity contribution in [2.24, 2.45) is 0 Å². The van der Waals surface area contributed by atoms with Gasteiger partial charge < -0.3 is 14.8 Å². The van der Waals surface area contributed by atoms with Gasteiger partial charge >= 0.3 is 0 Å². The molecule has 0 saturated carbocycles. The van der Waals surface area contributed by atoms with Gasteiger partial charge in [0.1, 0.15) is 18.2 Å². The summed E-state index contributed by atoms with van der Waals surface area (Å²) in [6, 6.07) is 4.40. The molecule has 1 aromatic carbocycles. The Bertz CT molecular complexity index is 374. The van der Waals surface area contributed by atoms with Crippen LogP contribution in [-0.4, -0.2) is 32.4 Å². The van der Waals surface area contributed by atoms with Gasteiger partial charge in [0.15, 0.2) is 0 Å². The number of rotatable bonds is 9. The zero-order chi connectivity index (χ0) is 14.1. The number of hydrogen-bond acceptors (Lipinski definition) is 3. The first-order chi connectivity index (χ1) is 9.09. The molecule has 0 aromatic heterocycles. The lowest BCUT2D eigenvalue weighted by molar-refractivity contribution is 0.0770. The van der Waals surface area contributed by atoms with Crippen LogP contribution in [0.25, 0.3) is 0 Å². The minimum atomic E-state index is -0.275. The molecule has 0 amide bonds. The minimum absolute atomic E-state index is 0.275. The van der Waals surface area contributed by atoms with Crippen LogP contribution in [0.2, 0.25) is 0 Å². The van der Waals surface area contributed by atoms with Crippen molar-refractivity contribution in [1.82, 2.24) is 5.32 Å². The molecule has 0 radical (unpaired) electrons. The van der Waals surface area contributed by atoms with Crippen LogP contribution in [0.3, 0.4) is 0 Å². The topological polar surface area (TPSA) is 30.5 Å². The van der Waals surface area contributed by atoms with Gasteiger partial charge in [-0.15, -0.1) is 0 Å². The highest BCUT2D eigenvalue weighted by molar-refractivity contribution is 9.10. The number of ether oxygens (including phenoxy) is 2. The van der Waals surface area contributed by atoms with Crippen LogP contribution in [0, 0.1) is 5.82 Å². The van der Waals surface area contributed by atoms with E-state index in [1.807, 2.05) is 13.8 Å². The molecular weight excluding hydrogens is 313 g/mol. The third kappa shape index (κ3) is 7.50. The normalized spacial score (nSPS) is 11.0. The Balaban J connectivity index is 2.04. The smallest absolute Gasteiger partial charge is 0.133 e. The van der Waals surface area contributed by atoms with Crippen LogP contribution < -0.4 is 10.1 Å². The summed E-state index contributed by atoms with van der Waals surface area (Å²) in [4.78, 5) is 0. The van der Waals surface area contributed by atoms with E-state index in [0.29, 0.717) is 22.9 Å². The average molecular weight is 334 g/mol. The van der Waals surface area contributed by atoms with Crippen molar-refractivity contribution in [2.45, 2.75) is 26.4 Å². The highest BCUT2D eigenvalue weighted by atomic mass is 79.9. The molecule has 0 aliphatic rings. The SMILES string of the molecule is CC(C)OCCCNCCOc1ccc(F)cc1Br. The van der Waals surface area contributed by atoms with Gasteiger partial charge in [0, 0.05) is 13.2 Å². The molecule has 0 spiro atoms. The summed E-state index contributed by atoms with van der Waals surface area (Å²) in [7, 11) is 0. The molecular formula is C14H21BrFNO2. The van der Waals surface area contributed by atoms with E-state index in [-0.39, 0.29) is 5.82 Å². The summed E-state index contributed by atoms with van der Waals surface area (Å²) in [5, 5.41) is 3.27. The molecule has 0 fully saturated rings. The fourth-order valence-electron chi connectivity index (χ4n) is 1.47. The third-order valence-corrected chi connectivity index (χ3v) is 3.00. The number of hydrogen-bond donors (Lipinski definition) is 1. The third-order valence-electron chi connectivity index (χ3n) is 2.38. The highest BCUT2D eigenvalue weighted by Gasteiger charge is 2.02. The standard InChI is InChI=1S/C14H21BrFNO2/c1-11(2)18-8-3-6-17-7-9-19-14-5-4-12(16)10-13(14)15/h4-5,10-11,17H,3,6-9H2,1-2H3. The van der Waals surface area contributed by atoms with E-state index in [4.69, 9.17) is 9.47 Å². The first-order valence-corrected chi connectivity index (χ1v) is 7.29. The second kappa shape index (κ2) is 9.28. The van der Waals surface area contributed by atoms with E-state index < -0.39 is 0 Å². The van der Waals surface area contributed by atoms with E-state index in [1.54, 1.807) is 6.07 Å².